The van der Waals surface area contributed by atoms with Crippen molar-refractivity contribution in [1.29, 1.82) is 0 Å². The minimum atomic E-state index is 0. The van der Waals surface area contributed by atoms with Crippen LogP contribution in [0.25, 0.3) is 0 Å². The van der Waals surface area contributed by atoms with Crippen LogP contribution in [0.2, 0.25) is 0 Å². The van der Waals surface area contributed by atoms with Gasteiger partial charge in [-0.3, -0.25) is 4.99 Å². The molecule has 0 radical (unpaired) electrons. The summed E-state index contributed by atoms with van der Waals surface area (Å²) in [5.41, 5.74) is 9.53. The molecule has 1 heterocycles. The molecule has 1 saturated heterocycles. The number of likely N-dealkylation sites (tertiary alicyclic amines) is 1. The molecule has 0 aliphatic carbocycles. The first-order chi connectivity index (χ1) is 11.1. The summed E-state index contributed by atoms with van der Waals surface area (Å²) in [6.07, 6.45) is 7.80. The zero-order valence-corrected chi connectivity index (χ0v) is 17.5. The smallest absolute Gasteiger partial charge is 0.193 e. The van der Waals surface area contributed by atoms with Gasteiger partial charge in [0.05, 0.1) is 0 Å². The van der Waals surface area contributed by atoms with Crippen molar-refractivity contribution in [3.63, 3.8) is 0 Å². The molecule has 1 aromatic carbocycles. The summed E-state index contributed by atoms with van der Waals surface area (Å²) in [6, 6.07) is 6.26. The van der Waals surface area contributed by atoms with Crippen molar-refractivity contribution in [2.24, 2.45) is 10.7 Å². The average Bonchev–Trinajstić information content (AvgIpc) is 2.55. The van der Waals surface area contributed by atoms with E-state index in [1.165, 1.54) is 62.9 Å². The fraction of sp³-hybridized carbons (Fsp3) is 0.632. The van der Waals surface area contributed by atoms with Gasteiger partial charge in [-0.1, -0.05) is 18.9 Å². The maximum Gasteiger partial charge on any atom is 0.193 e. The van der Waals surface area contributed by atoms with Crippen LogP contribution < -0.4 is 11.1 Å². The lowest BCUT2D eigenvalue weighted by Gasteiger charge is -2.26. The molecular formula is C19H33IN4. The molecule has 4 nitrogen and oxygen atoms in total. The fourth-order valence-electron chi connectivity index (χ4n) is 3.01. The van der Waals surface area contributed by atoms with Crippen molar-refractivity contribution >= 4 is 35.6 Å². The van der Waals surface area contributed by atoms with Crippen LogP contribution in [0.4, 0.5) is 5.69 Å². The molecule has 0 amide bonds. The third kappa shape index (κ3) is 7.83. The molecule has 3 N–H and O–H groups in total. The van der Waals surface area contributed by atoms with Gasteiger partial charge in [0.2, 0.25) is 0 Å². The standard InChI is InChI=1S/C19H32N4.HI/c1-16-9-10-18(15-17(16)2)22-19(20)21-11-5-3-6-12-23-13-7-4-8-14-23;/h9-10,15H,3-8,11-14H2,1-2H3,(H3,20,21,22);1H. The quantitative estimate of drug-likeness (QED) is 0.285. The molecule has 5 heteroatoms. The van der Waals surface area contributed by atoms with Gasteiger partial charge in [-0.2, -0.15) is 0 Å². The molecule has 1 aromatic rings. The molecule has 24 heavy (non-hydrogen) atoms. The SMILES string of the molecule is Cc1ccc(NC(N)=NCCCCCN2CCCCC2)cc1C.I. The topological polar surface area (TPSA) is 53.6 Å². The molecule has 0 aromatic heterocycles. The minimum Gasteiger partial charge on any atom is -0.370 e. The number of nitrogens with zero attached hydrogens (tertiary/aromatic N) is 2. The van der Waals surface area contributed by atoms with Crippen LogP contribution in [-0.2, 0) is 0 Å². The van der Waals surface area contributed by atoms with Crippen molar-refractivity contribution < 1.29 is 0 Å². The van der Waals surface area contributed by atoms with Gasteiger partial charge in [0.25, 0.3) is 0 Å². The maximum atomic E-state index is 5.96. The van der Waals surface area contributed by atoms with Gasteiger partial charge in [0.1, 0.15) is 0 Å². The summed E-state index contributed by atoms with van der Waals surface area (Å²) < 4.78 is 0. The third-order valence-corrected chi connectivity index (χ3v) is 4.64. The number of unbranched alkanes of at least 4 members (excludes halogenated alkanes) is 2. The summed E-state index contributed by atoms with van der Waals surface area (Å²) in [6.45, 7) is 8.87. The van der Waals surface area contributed by atoms with Crippen LogP contribution >= 0.6 is 24.0 Å². The Labute approximate surface area is 164 Å². The van der Waals surface area contributed by atoms with Crippen LogP contribution in [0.1, 0.15) is 49.7 Å². The molecule has 1 fully saturated rings. The van der Waals surface area contributed by atoms with E-state index < -0.39 is 0 Å². The first-order valence-corrected chi connectivity index (χ1v) is 9.02. The molecular weight excluding hydrogens is 411 g/mol. The molecule has 0 saturated carbocycles. The van der Waals surface area contributed by atoms with Crippen LogP contribution in [0, 0.1) is 13.8 Å². The van der Waals surface area contributed by atoms with E-state index in [1.807, 2.05) is 6.07 Å². The number of anilines is 1. The molecule has 1 aliphatic rings. The second kappa shape index (κ2) is 11.7. The Morgan fingerprint density at radius 2 is 1.83 bits per heavy atom. The van der Waals surface area contributed by atoms with E-state index >= 15 is 0 Å². The van der Waals surface area contributed by atoms with Crippen molar-refractivity contribution in [2.75, 3.05) is 31.5 Å². The molecule has 0 spiro atoms. The van der Waals surface area contributed by atoms with E-state index in [2.05, 4.69) is 41.2 Å². The minimum absolute atomic E-state index is 0. The summed E-state index contributed by atoms with van der Waals surface area (Å²) in [4.78, 5) is 7.03. The summed E-state index contributed by atoms with van der Waals surface area (Å²) in [5, 5.41) is 3.17. The van der Waals surface area contributed by atoms with Gasteiger partial charge in [-0.25, -0.2) is 0 Å². The van der Waals surface area contributed by atoms with Gasteiger partial charge in [-0.15, -0.1) is 24.0 Å². The summed E-state index contributed by atoms with van der Waals surface area (Å²) >= 11 is 0. The number of nitrogens with one attached hydrogen (secondary N) is 1. The van der Waals surface area contributed by atoms with E-state index in [4.69, 9.17) is 5.73 Å². The lowest BCUT2D eigenvalue weighted by atomic mass is 10.1. The van der Waals surface area contributed by atoms with Crippen molar-refractivity contribution in [3.8, 4) is 0 Å². The zero-order valence-electron chi connectivity index (χ0n) is 15.2. The van der Waals surface area contributed by atoms with Crippen LogP contribution in [0.15, 0.2) is 23.2 Å². The lowest BCUT2D eigenvalue weighted by molar-refractivity contribution is 0.224. The number of aliphatic imine (C=N–C) groups is 1. The Balaban J connectivity index is 0.00000288. The van der Waals surface area contributed by atoms with E-state index in [9.17, 15) is 0 Å². The summed E-state index contributed by atoms with van der Waals surface area (Å²) in [7, 11) is 0. The Morgan fingerprint density at radius 3 is 2.54 bits per heavy atom. The van der Waals surface area contributed by atoms with Crippen LogP contribution in [0.3, 0.4) is 0 Å². The Hall–Kier alpha value is -0.820. The average molecular weight is 444 g/mol. The number of nitrogens with two attached hydrogens (primary N) is 1. The van der Waals surface area contributed by atoms with Gasteiger partial charge >= 0.3 is 0 Å². The molecule has 2 rings (SSSR count). The first kappa shape index (κ1) is 21.2. The Morgan fingerprint density at radius 1 is 1.08 bits per heavy atom. The third-order valence-electron chi connectivity index (χ3n) is 4.64. The number of hydrogen-bond donors (Lipinski definition) is 2. The predicted molar refractivity (Wildman–Crippen MR) is 116 cm³/mol. The lowest BCUT2D eigenvalue weighted by Crippen LogP contribution is -2.30. The largest absolute Gasteiger partial charge is 0.370 e. The van der Waals surface area contributed by atoms with Crippen molar-refractivity contribution in [2.45, 2.75) is 52.4 Å². The Kier molecular flexibility index (Phi) is 10.3. The van der Waals surface area contributed by atoms with Gasteiger partial charge in [0.15, 0.2) is 5.96 Å². The molecule has 0 atom stereocenters. The fourth-order valence-corrected chi connectivity index (χ4v) is 3.01. The van der Waals surface area contributed by atoms with Gasteiger partial charge < -0.3 is 16.0 Å². The molecule has 1 aliphatic heterocycles. The normalized spacial score (nSPS) is 15.8. The number of guanidine groups is 1. The van der Waals surface area contributed by atoms with Gasteiger partial charge in [-0.05, 0) is 82.4 Å². The highest BCUT2D eigenvalue weighted by atomic mass is 127. The number of aryl methyl sites for hydroxylation is 2. The number of rotatable bonds is 7. The first-order valence-electron chi connectivity index (χ1n) is 9.02. The zero-order chi connectivity index (χ0) is 16.5. The molecule has 136 valence electrons. The second-order valence-electron chi connectivity index (χ2n) is 6.65. The highest BCUT2D eigenvalue weighted by Gasteiger charge is 2.08. The van der Waals surface area contributed by atoms with Crippen molar-refractivity contribution in [1.82, 2.24) is 4.90 Å². The Bertz CT molecular complexity index is 510. The van der Waals surface area contributed by atoms with E-state index in [1.54, 1.807) is 0 Å². The highest BCUT2D eigenvalue weighted by Crippen LogP contribution is 2.14. The number of halogens is 1. The molecule has 0 unspecified atom stereocenters. The summed E-state index contributed by atoms with van der Waals surface area (Å²) in [5.74, 6) is 0.518. The van der Waals surface area contributed by atoms with Gasteiger partial charge in [0, 0.05) is 12.2 Å². The second-order valence-corrected chi connectivity index (χ2v) is 6.65. The van der Waals surface area contributed by atoms with Crippen LogP contribution in [-0.4, -0.2) is 37.0 Å². The van der Waals surface area contributed by atoms with E-state index in [0.717, 1.165) is 18.7 Å². The highest BCUT2D eigenvalue weighted by molar-refractivity contribution is 14.0. The predicted octanol–water partition coefficient (Wildman–Crippen LogP) is 4.30. The number of hydrogen-bond acceptors (Lipinski definition) is 2. The maximum absolute atomic E-state index is 5.96. The monoisotopic (exact) mass is 444 g/mol. The number of benzene rings is 1. The van der Waals surface area contributed by atoms with Crippen LogP contribution in [0.5, 0.6) is 0 Å². The van der Waals surface area contributed by atoms with E-state index in [-0.39, 0.29) is 24.0 Å². The number of piperidine rings is 1. The van der Waals surface area contributed by atoms with Crippen molar-refractivity contribution in [3.05, 3.63) is 29.3 Å². The van der Waals surface area contributed by atoms with E-state index in [0.29, 0.717) is 5.96 Å². The molecule has 0 bridgehead atoms.